The average Bonchev–Trinajstić information content (AvgIpc) is 2.81. The molecule has 5 nitrogen and oxygen atoms in total. The molecule has 0 saturated carbocycles. The van der Waals surface area contributed by atoms with Gasteiger partial charge in [-0.15, -0.1) is 0 Å². The van der Waals surface area contributed by atoms with Gasteiger partial charge in [-0.1, -0.05) is 42.5 Å². The van der Waals surface area contributed by atoms with Crippen LogP contribution in [-0.4, -0.2) is 32.7 Å². The van der Waals surface area contributed by atoms with Gasteiger partial charge in [0.15, 0.2) is 11.5 Å². The summed E-state index contributed by atoms with van der Waals surface area (Å²) in [5.41, 5.74) is -2.74. The Kier molecular flexibility index (Phi) is 8.24. The van der Waals surface area contributed by atoms with Gasteiger partial charge >= 0.3 is 5.51 Å². The summed E-state index contributed by atoms with van der Waals surface area (Å²) < 4.78 is 63.7. The second-order valence-electron chi connectivity index (χ2n) is 6.89. The van der Waals surface area contributed by atoms with E-state index in [0.29, 0.717) is 29.4 Å². The summed E-state index contributed by atoms with van der Waals surface area (Å²) in [6, 6.07) is 19.6. The Morgan fingerprint density at radius 2 is 1.72 bits per heavy atom. The van der Waals surface area contributed by atoms with Crippen molar-refractivity contribution in [3.05, 3.63) is 89.7 Å². The Bertz CT molecular complexity index is 1020. The van der Waals surface area contributed by atoms with E-state index in [1.807, 2.05) is 30.3 Å². The third-order valence-corrected chi connectivity index (χ3v) is 5.78. The Balaban J connectivity index is 1.73. The Labute approximate surface area is 187 Å². The highest BCUT2D eigenvalue weighted by atomic mass is 32.2. The molecule has 0 amide bonds. The molecule has 0 N–H and O–H groups in total. The zero-order valence-electron chi connectivity index (χ0n) is 17.4. The van der Waals surface area contributed by atoms with Crippen molar-refractivity contribution in [2.45, 2.75) is 25.1 Å². The van der Waals surface area contributed by atoms with Crippen molar-refractivity contribution in [3.63, 3.8) is 0 Å². The quantitative estimate of drug-likeness (QED) is 0.428. The SMILES string of the molecule is COc1cc(CN(CCc2ccccn2)S(=O)C(F)(F)F)ccc1OCc1ccccc1. The summed E-state index contributed by atoms with van der Waals surface area (Å²) in [5.74, 6) is 0.859. The van der Waals surface area contributed by atoms with Gasteiger partial charge in [0.25, 0.3) is 0 Å². The predicted octanol–water partition coefficient (Wildman–Crippen LogP) is 4.90. The average molecular weight is 465 g/mol. The van der Waals surface area contributed by atoms with Crippen molar-refractivity contribution in [1.82, 2.24) is 9.29 Å². The lowest BCUT2D eigenvalue weighted by Crippen LogP contribution is -2.36. The first-order chi connectivity index (χ1) is 15.4. The van der Waals surface area contributed by atoms with Gasteiger partial charge in [0, 0.05) is 31.4 Å². The van der Waals surface area contributed by atoms with Crippen molar-refractivity contribution < 1.29 is 26.9 Å². The van der Waals surface area contributed by atoms with E-state index in [4.69, 9.17) is 9.47 Å². The zero-order chi connectivity index (χ0) is 23.0. The molecule has 0 saturated heterocycles. The molecule has 3 aromatic rings. The number of benzene rings is 2. The maximum atomic E-state index is 13.2. The lowest BCUT2D eigenvalue weighted by molar-refractivity contribution is -0.0430. The number of halogens is 3. The summed E-state index contributed by atoms with van der Waals surface area (Å²) >= 11 is 0. The van der Waals surface area contributed by atoms with E-state index in [1.54, 1.807) is 42.6 Å². The van der Waals surface area contributed by atoms with Crippen molar-refractivity contribution in [3.8, 4) is 11.5 Å². The number of hydrogen-bond acceptors (Lipinski definition) is 4. The van der Waals surface area contributed by atoms with E-state index in [1.165, 1.54) is 7.11 Å². The smallest absolute Gasteiger partial charge is 0.485 e. The van der Waals surface area contributed by atoms with Gasteiger partial charge in [-0.2, -0.15) is 13.2 Å². The van der Waals surface area contributed by atoms with Crippen LogP contribution in [0.15, 0.2) is 72.9 Å². The number of nitrogens with zero attached hydrogens (tertiary/aromatic N) is 2. The fraction of sp³-hybridized carbons (Fsp3) is 0.261. The highest BCUT2D eigenvalue weighted by molar-refractivity contribution is 7.83. The molecule has 1 unspecified atom stereocenters. The van der Waals surface area contributed by atoms with Crippen LogP contribution in [-0.2, 0) is 30.6 Å². The van der Waals surface area contributed by atoms with E-state index >= 15 is 0 Å². The first-order valence-corrected chi connectivity index (χ1v) is 10.9. The lowest BCUT2D eigenvalue weighted by Gasteiger charge is -2.22. The second-order valence-corrected chi connectivity index (χ2v) is 8.37. The third kappa shape index (κ3) is 6.80. The Morgan fingerprint density at radius 3 is 2.38 bits per heavy atom. The first kappa shape index (κ1) is 23.7. The monoisotopic (exact) mass is 464 g/mol. The van der Waals surface area contributed by atoms with Crippen LogP contribution in [0.25, 0.3) is 0 Å². The summed E-state index contributed by atoms with van der Waals surface area (Å²) in [6.07, 6.45) is 1.80. The number of alkyl halides is 3. The van der Waals surface area contributed by atoms with Gasteiger partial charge < -0.3 is 9.47 Å². The number of methoxy groups -OCH3 is 1. The largest absolute Gasteiger partial charge is 0.493 e. The van der Waals surface area contributed by atoms with Gasteiger partial charge in [0.05, 0.1) is 7.11 Å². The summed E-state index contributed by atoms with van der Waals surface area (Å²) in [4.78, 5) is 4.12. The Hall–Kier alpha value is -2.91. The van der Waals surface area contributed by atoms with Crippen LogP contribution in [0.1, 0.15) is 16.8 Å². The molecule has 2 aromatic carbocycles. The van der Waals surface area contributed by atoms with Crippen LogP contribution in [0, 0.1) is 0 Å². The van der Waals surface area contributed by atoms with Crippen molar-refractivity contribution >= 4 is 11.0 Å². The molecule has 1 heterocycles. The highest BCUT2D eigenvalue weighted by Gasteiger charge is 2.41. The first-order valence-electron chi connectivity index (χ1n) is 9.84. The van der Waals surface area contributed by atoms with E-state index in [2.05, 4.69) is 4.98 Å². The molecule has 0 aliphatic rings. The number of ether oxygens (including phenoxy) is 2. The maximum Gasteiger partial charge on any atom is 0.485 e. The van der Waals surface area contributed by atoms with Crippen molar-refractivity contribution in [1.29, 1.82) is 0 Å². The van der Waals surface area contributed by atoms with Crippen molar-refractivity contribution in [2.75, 3.05) is 13.7 Å². The van der Waals surface area contributed by atoms with Crippen LogP contribution in [0.4, 0.5) is 13.2 Å². The molecule has 0 bridgehead atoms. The molecule has 170 valence electrons. The minimum atomic E-state index is -4.85. The standard InChI is InChI=1S/C23H23F3N2O3S/c1-30-22-15-19(10-11-21(22)31-17-18-7-3-2-4-8-18)16-28(32(29)23(24,25)26)14-12-20-9-5-6-13-27-20/h2-11,13,15H,12,14,16-17H2,1H3. The molecule has 1 aromatic heterocycles. The van der Waals surface area contributed by atoms with Crippen LogP contribution in [0.2, 0.25) is 0 Å². The van der Waals surface area contributed by atoms with Gasteiger partial charge in [-0.25, -0.2) is 8.51 Å². The normalized spacial score (nSPS) is 12.5. The summed E-state index contributed by atoms with van der Waals surface area (Å²) in [7, 11) is -1.70. The van der Waals surface area contributed by atoms with Gasteiger partial charge in [-0.05, 0) is 35.4 Å². The fourth-order valence-electron chi connectivity index (χ4n) is 3.02. The molecule has 0 fully saturated rings. The molecule has 0 aliphatic carbocycles. The third-order valence-electron chi connectivity index (χ3n) is 4.60. The molecule has 9 heteroatoms. The topological polar surface area (TPSA) is 51.7 Å². The minimum Gasteiger partial charge on any atom is -0.493 e. The minimum absolute atomic E-state index is 0.0717. The Morgan fingerprint density at radius 1 is 0.969 bits per heavy atom. The van der Waals surface area contributed by atoms with Crippen molar-refractivity contribution in [2.24, 2.45) is 0 Å². The maximum absolute atomic E-state index is 13.2. The van der Waals surface area contributed by atoms with Gasteiger partial charge in [0.1, 0.15) is 6.61 Å². The second kappa shape index (κ2) is 11.1. The molecule has 0 radical (unpaired) electrons. The zero-order valence-corrected chi connectivity index (χ0v) is 18.2. The van der Waals surface area contributed by atoms with Crippen LogP contribution in [0.5, 0.6) is 11.5 Å². The highest BCUT2D eigenvalue weighted by Crippen LogP contribution is 2.31. The molecular weight excluding hydrogens is 441 g/mol. The van der Waals surface area contributed by atoms with Gasteiger partial charge in [-0.3, -0.25) is 4.98 Å². The molecule has 32 heavy (non-hydrogen) atoms. The van der Waals surface area contributed by atoms with E-state index in [-0.39, 0.29) is 19.5 Å². The molecular formula is C23H23F3N2O3S. The molecule has 3 rings (SSSR count). The molecule has 0 aliphatic heterocycles. The number of aromatic nitrogens is 1. The van der Waals surface area contributed by atoms with Gasteiger partial charge in [0.2, 0.25) is 11.0 Å². The molecule has 0 spiro atoms. The van der Waals surface area contributed by atoms with Crippen LogP contribution >= 0.6 is 0 Å². The number of rotatable bonds is 10. The van der Waals surface area contributed by atoms with E-state index in [9.17, 15) is 17.4 Å². The number of pyridine rings is 1. The van der Waals surface area contributed by atoms with E-state index in [0.717, 1.165) is 9.87 Å². The van der Waals surface area contributed by atoms with Crippen LogP contribution in [0.3, 0.4) is 0 Å². The van der Waals surface area contributed by atoms with E-state index < -0.39 is 16.5 Å². The number of hydrogen-bond donors (Lipinski definition) is 0. The predicted molar refractivity (Wildman–Crippen MR) is 116 cm³/mol. The van der Waals surface area contributed by atoms with Crippen LogP contribution < -0.4 is 9.47 Å². The lowest BCUT2D eigenvalue weighted by atomic mass is 10.2. The summed E-state index contributed by atoms with van der Waals surface area (Å²) in [5, 5.41) is 0. The fourth-order valence-corrected chi connectivity index (χ4v) is 3.84. The summed E-state index contributed by atoms with van der Waals surface area (Å²) in [6.45, 7) is 0.0802. The molecule has 1 atom stereocenters.